The van der Waals surface area contributed by atoms with E-state index in [0.29, 0.717) is 23.9 Å². The van der Waals surface area contributed by atoms with Gasteiger partial charge in [-0.1, -0.05) is 0 Å². The number of fused-ring (bicyclic) bond motifs is 5. The van der Waals surface area contributed by atoms with E-state index in [1.807, 2.05) is 4.90 Å². The molecule has 1 amide bonds. The van der Waals surface area contributed by atoms with Crippen molar-refractivity contribution < 1.29 is 13.2 Å². The van der Waals surface area contributed by atoms with Crippen LogP contribution in [-0.2, 0) is 14.6 Å². The summed E-state index contributed by atoms with van der Waals surface area (Å²) in [6.07, 6.45) is 3.53. The number of rotatable bonds is 3. The van der Waals surface area contributed by atoms with Gasteiger partial charge in [0.1, 0.15) is 9.84 Å². The van der Waals surface area contributed by atoms with E-state index in [0.717, 1.165) is 25.9 Å². The van der Waals surface area contributed by atoms with Crippen LogP contribution in [0.5, 0.6) is 0 Å². The highest BCUT2D eigenvalue weighted by molar-refractivity contribution is 7.90. The number of carbonyl (C=O) groups excluding carboxylic acids is 1. The molecule has 0 aromatic heterocycles. The van der Waals surface area contributed by atoms with Gasteiger partial charge in [-0.15, -0.1) is 0 Å². The number of hydrogen-bond acceptors (Lipinski definition) is 4. The summed E-state index contributed by atoms with van der Waals surface area (Å²) in [5.41, 5.74) is 0. The monoisotopic (exact) mass is 272 g/mol. The van der Waals surface area contributed by atoms with Gasteiger partial charge in [-0.05, 0) is 24.7 Å². The lowest BCUT2D eigenvalue weighted by atomic mass is 9.82. The zero-order valence-electron chi connectivity index (χ0n) is 10.6. The molecule has 5 nitrogen and oxygen atoms in total. The van der Waals surface area contributed by atoms with Gasteiger partial charge < -0.3 is 10.2 Å². The molecule has 102 valence electrons. The van der Waals surface area contributed by atoms with Crippen molar-refractivity contribution in [2.45, 2.75) is 31.3 Å². The Morgan fingerprint density at radius 1 is 1.22 bits per heavy atom. The molecule has 0 radical (unpaired) electrons. The zero-order chi connectivity index (χ0) is 12.9. The fourth-order valence-electron chi connectivity index (χ4n) is 4.04. The quantitative estimate of drug-likeness (QED) is 0.761. The van der Waals surface area contributed by atoms with E-state index in [1.165, 1.54) is 6.26 Å². The molecule has 1 N–H and O–H groups in total. The molecule has 3 aliphatic heterocycles. The maximum atomic E-state index is 12.2. The minimum atomic E-state index is -3.04. The van der Waals surface area contributed by atoms with E-state index in [2.05, 4.69) is 5.32 Å². The first kappa shape index (κ1) is 12.4. The topological polar surface area (TPSA) is 66.5 Å². The molecule has 0 spiro atoms. The molecule has 6 heteroatoms. The van der Waals surface area contributed by atoms with Crippen molar-refractivity contribution in [1.82, 2.24) is 10.2 Å². The van der Waals surface area contributed by atoms with Crippen LogP contribution in [0.1, 0.15) is 19.3 Å². The van der Waals surface area contributed by atoms with Gasteiger partial charge in [0.05, 0.1) is 5.75 Å². The molecule has 3 heterocycles. The molecular formula is C12H20N2O3S. The normalized spacial score (nSPS) is 38.2. The van der Waals surface area contributed by atoms with Gasteiger partial charge in [-0.2, -0.15) is 0 Å². The third kappa shape index (κ3) is 1.95. The van der Waals surface area contributed by atoms with Crippen molar-refractivity contribution in [2.24, 2.45) is 11.8 Å². The number of carbonyl (C=O) groups is 1. The first-order valence-corrected chi connectivity index (χ1v) is 8.73. The van der Waals surface area contributed by atoms with E-state index in [4.69, 9.17) is 0 Å². The SMILES string of the molecule is CS(=O)(=O)CCC(=O)N1[C@@H]2CC[C@H]1[C@H]1CNC[C@H]12. The van der Waals surface area contributed by atoms with Gasteiger partial charge in [0.2, 0.25) is 5.91 Å². The molecule has 18 heavy (non-hydrogen) atoms. The molecule has 3 fully saturated rings. The van der Waals surface area contributed by atoms with E-state index in [9.17, 15) is 13.2 Å². The van der Waals surface area contributed by atoms with Crippen molar-refractivity contribution in [3.05, 3.63) is 0 Å². The van der Waals surface area contributed by atoms with Gasteiger partial charge in [0.15, 0.2) is 0 Å². The Kier molecular flexibility index (Phi) is 2.90. The predicted molar refractivity (Wildman–Crippen MR) is 67.8 cm³/mol. The lowest BCUT2D eigenvalue weighted by Gasteiger charge is -2.24. The molecule has 0 unspecified atom stereocenters. The molecule has 0 saturated carbocycles. The Hall–Kier alpha value is -0.620. The van der Waals surface area contributed by atoms with Gasteiger partial charge in [0, 0.05) is 37.8 Å². The summed E-state index contributed by atoms with van der Waals surface area (Å²) in [6, 6.07) is 0.726. The zero-order valence-corrected chi connectivity index (χ0v) is 11.4. The van der Waals surface area contributed by atoms with Crippen molar-refractivity contribution >= 4 is 15.7 Å². The van der Waals surface area contributed by atoms with E-state index in [-0.39, 0.29) is 18.1 Å². The Morgan fingerprint density at radius 2 is 1.78 bits per heavy atom. The number of hydrogen-bond donors (Lipinski definition) is 1. The molecule has 3 aliphatic rings. The summed E-state index contributed by atoms with van der Waals surface area (Å²) in [5.74, 6) is 1.23. The summed E-state index contributed by atoms with van der Waals surface area (Å²) in [5, 5.41) is 3.41. The van der Waals surface area contributed by atoms with Crippen molar-refractivity contribution in [3.63, 3.8) is 0 Å². The third-order valence-corrected chi connectivity index (χ3v) is 5.69. The van der Waals surface area contributed by atoms with Gasteiger partial charge in [-0.25, -0.2) is 8.42 Å². The van der Waals surface area contributed by atoms with Crippen LogP contribution in [0.4, 0.5) is 0 Å². The van der Waals surface area contributed by atoms with Crippen LogP contribution in [0.25, 0.3) is 0 Å². The average molecular weight is 272 g/mol. The highest BCUT2D eigenvalue weighted by atomic mass is 32.2. The van der Waals surface area contributed by atoms with Crippen LogP contribution in [0.3, 0.4) is 0 Å². The molecule has 3 rings (SSSR count). The molecule has 0 aromatic carbocycles. The van der Waals surface area contributed by atoms with E-state index < -0.39 is 9.84 Å². The maximum absolute atomic E-state index is 12.2. The second-order valence-electron chi connectivity index (χ2n) is 5.88. The molecule has 2 bridgehead atoms. The third-order valence-electron chi connectivity index (χ3n) is 4.75. The Labute approximate surface area is 108 Å². The van der Waals surface area contributed by atoms with Gasteiger partial charge in [0.25, 0.3) is 0 Å². The number of sulfone groups is 1. The van der Waals surface area contributed by atoms with Crippen LogP contribution in [-0.4, -0.2) is 56.4 Å². The van der Waals surface area contributed by atoms with Crippen LogP contribution < -0.4 is 5.32 Å². The second kappa shape index (κ2) is 4.20. The Morgan fingerprint density at radius 3 is 2.28 bits per heavy atom. The maximum Gasteiger partial charge on any atom is 0.224 e. The first-order valence-electron chi connectivity index (χ1n) is 6.67. The molecule has 0 aliphatic carbocycles. The summed E-state index contributed by atoms with van der Waals surface area (Å²) in [7, 11) is -3.04. The fraction of sp³-hybridized carbons (Fsp3) is 0.917. The minimum absolute atomic E-state index is 0.0185. The smallest absolute Gasteiger partial charge is 0.224 e. The lowest BCUT2D eigenvalue weighted by molar-refractivity contribution is -0.132. The lowest BCUT2D eigenvalue weighted by Crippen LogP contribution is -2.39. The largest absolute Gasteiger partial charge is 0.336 e. The highest BCUT2D eigenvalue weighted by Gasteiger charge is 2.55. The van der Waals surface area contributed by atoms with Crippen molar-refractivity contribution in [1.29, 1.82) is 0 Å². The molecule has 0 aromatic rings. The van der Waals surface area contributed by atoms with E-state index in [1.54, 1.807) is 0 Å². The van der Waals surface area contributed by atoms with Crippen LogP contribution >= 0.6 is 0 Å². The van der Waals surface area contributed by atoms with Crippen LogP contribution in [0, 0.1) is 11.8 Å². The number of nitrogens with zero attached hydrogens (tertiary/aromatic N) is 1. The number of amides is 1. The van der Waals surface area contributed by atoms with Crippen LogP contribution in [0.2, 0.25) is 0 Å². The first-order chi connectivity index (χ1) is 8.47. The van der Waals surface area contributed by atoms with Crippen molar-refractivity contribution in [3.8, 4) is 0 Å². The summed E-state index contributed by atoms with van der Waals surface area (Å²) in [4.78, 5) is 14.2. The second-order valence-corrected chi connectivity index (χ2v) is 8.14. The summed E-state index contributed by atoms with van der Waals surface area (Å²) in [6.45, 7) is 2.03. The summed E-state index contributed by atoms with van der Waals surface area (Å²) >= 11 is 0. The number of nitrogens with one attached hydrogen (secondary N) is 1. The minimum Gasteiger partial charge on any atom is -0.336 e. The van der Waals surface area contributed by atoms with Crippen LogP contribution in [0.15, 0.2) is 0 Å². The summed E-state index contributed by atoms with van der Waals surface area (Å²) < 4.78 is 22.3. The average Bonchev–Trinajstić information content (AvgIpc) is 2.95. The Balaban J connectivity index is 1.69. The fourth-order valence-corrected chi connectivity index (χ4v) is 4.59. The van der Waals surface area contributed by atoms with E-state index >= 15 is 0 Å². The van der Waals surface area contributed by atoms with Crippen molar-refractivity contribution in [2.75, 3.05) is 25.1 Å². The molecule has 3 saturated heterocycles. The predicted octanol–water partition coefficient (Wildman–Crippen LogP) is -0.370. The Bertz CT molecular complexity index is 444. The molecule has 4 atom stereocenters. The highest BCUT2D eigenvalue weighted by Crippen LogP contribution is 2.47. The van der Waals surface area contributed by atoms with Gasteiger partial charge in [-0.3, -0.25) is 4.79 Å². The van der Waals surface area contributed by atoms with Gasteiger partial charge >= 0.3 is 0 Å². The molecular weight excluding hydrogens is 252 g/mol. The standard InChI is InChI=1S/C12H20N2O3S/c1-18(16,17)5-4-12(15)14-10-2-3-11(14)9-7-13-6-8(9)10/h8-11,13H,2-7H2,1H3/t8-,9+,10-,11+.